The highest BCUT2D eigenvalue weighted by atomic mass is 32.2. The Balaban J connectivity index is 1.79. The maximum absolute atomic E-state index is 11.5. The molecule has 1 aromatic rings. The van der Waals surface area contributed by atoms with Crippen LogP contribution in [-0.2, 0) is 14.4 Å². The van der Waals surface area contributed by atoms with E-state index in [9.17, 15) is 4.79 Å². The molecule has 0 radical (unpaired) electrons. The fraction of sp³-hybridized carbons (Fsp3) is 0.786. The quantitative estimate of drug-likeness (QED) is 0.426. The third-order valence-corrected chi connectivity index (χ3v) is 4.81. The van der Waals surface area contributed by atoms with Gasteiger partial charge >= 0.3 is 11.9 Å². The Morgan fingerprint density at radius 1 is 1.61 bits per heavy atom. The Hall–Kier alpha value is -1.48. The van der Waals surface area contributed by atoms with Gasteiger partial charge in [0.2, 0.25) is 5.27 Å². The SMILES string of the molecule is CCCCOCC(=O)ONc1c[n+](N2CCSCC2(C)C)no1. The number of nitrogens with zero attached hydrogens (tertiary/aromatic N) is 3. The predicted octanol–water partition coefficient (Wildman–Crippen LogP) is 1.11. The summed E-state index contributed by atoms with van der Waals surface area (Å²) in [5.74, 6) is 1.82. The molecule has 0 aromatic carbocycles. The van der Waals surface area contributed by atoms with Crippen LogP contribution in [0.1, 0.15) is 33.6 Å². The third kappa shape index (κ3) is 5.28. The summed E-state index contributed by atoms with van der Waals surface area (Å²) >= 11 is 1.92. The van der Waals surface area contributed by atoms with Gasteiger partial charge in [0.25, 0.3) is 6.20 Å². The molecule has 1 saturated heterocycles. The van der Waals surface area contributed by atoms with Crippen LogP contribution < -0.4 is 15.3 Å². The van der Waals surface area contributed by atoms with E-state index in [2.05, 4.69) is 36.5 Å². The van der Waals surface area contributed by atoms with Gasteiger partial charge in [-0.3, -0.25) is 4.52 Å². The van der Waals surface area contributed by atoms with Crippen molar-refractivity contribution in [3.05, 3.63) is 6.20 Å². The smallest absolute Gasteiger partial charge is 0.357 e. The molecule has 0 aliphatic carbocycles. The Labute approximate surface area is 140 Å². The second-order valence-corrected chi connectivity index (χ2v) is 7.06. The highest BCUT2D eigenvalue weighted by molar-refractivity contribution is 7.99. The van der Waals surface area contributed by atoms with E-state index in [-0.39, 0.29) is 18.0 Å². The number of hydrogen-bond acceptors (Lipinski definition) is 8. The number of carbonyl (C=O) groups excluding carboxylic acids is 1. The second-order valence-electron chi connectivity index (χ2n) is 5.96. The molecule has 0 bridgehead atoms. The van der Waals surface area contributed by atoms with Gasteiger partial charge in [0.1, 0.15) is 12.1 Å². The van der Waals surface area contributed by atoms with Crippen molar-refractivity contribution in [1.29, 1.82) is 0 Å². The number of aromatic nitrogens is 2. The Morgan fingerprint density at radius 2 is 2.43 bits per heavy atom. The van der Waals surface area contributed by atoms with Crippen molar-refractivity contribution < 1.29 is 23.7 Å². The topological polar surface area (TPSA) is 80.7 Å². The lowest BCUT2D eigenvalue weighted by Crippen LogP contribution is -2.70. The minimum atomic E-state index is -0.501. The summed E-state index contributed by atoms with van der Waals surface area (Å²) in [7, 11) is 0. The van der Waals surface area contributed by atoms with Gasteiger partial charge in [-0.2, -0.15) is 17.2 Å². The lowest BCUT2D eigenvalue weighted by atomic mass is 10.1. The van der Waals surface area contributed by atoms with Gasteiger partial charge in [0.15, 0.2) is 0 Å². The molecule has 9 heteroatoms. The number of rotatable bonds is 8. The molecule has 2 rings (SSSR count). The Bertz CT molecular complexity index is 509. The first-order valence-electron chi connectivity index (χ1n) is 7.80. The fourth-order valence-electron chi connectivity index (χ4n) is 2.17. The Kier molecular flexibility index (Phi) is 6.52. The van der Waals surface area contributed by atoms with Gasteiger partial charge in [-0.1, -0.05) is 13.3 Å². The van der Waals surface area contributed by atoms with Crippen LogP contribution in [0.25, 0.3) is 0 Å². The largest absolute Gasteiger partial charge is 0.370 e. The van der Waals surface area contributed by atoms with Crippen molar-refractivity contribution in [2.75, 3.05) is 41.8 Å². The van der Waals surface area contributed by atoms with Crippen LogP contribution in [0.5, 0.6) is 0 Å². The van der Waals surface area contributed by atoms with Gasteiger partial charge < -0.3 is 9.57 Å². The maximum atomic E-state index is 11.5. The summed E-state index contributed by atoms with van der Waals surface area (Å²) in [5, 5.41) is 6.09. The van der Waals surface area contributed by atoms with E-state index in [0.717, 1.165) is 30.9 Å². The average molecular weight is 345 g/mol. The molecule has 0 atom stereocenters. The van der Waals surface area contributed by atoms with Crippen molar-refractivity contribution in [2.45, 2.75) is 39.2 Å². The molecular weight excluding hydrogens is 320 g/mol. The monoisotopic (exact) mass is 345 g/mol. The molecule has 1 aliphatic heterocycles. The number of unbranched alkanes of at least 4 members (excludes halogenated alkanes) is 1. The predicted molar refractivity (Wildman–Crippen MR) is 86.6 cm³/mol. The number of thioether (sulfide) groups is 1. The zero-order valence-electron chi connectivity index (χ0n) is 13.9. The molecule has 0 spiro atoms. The molecule has 1 fully saturated rings. The molecule has 130 valence electrons. The zero-order chi connectivity index (χ0) is 16.7. The minimum Gasteiger partial charge on any atom is -0.370 e. The van der Waals surface area contributed by atoms with Crippen molar-refractivity contribution in [1.82, 2.24) is 5.27 Å². The van der Waals surface area contributed by atoms with E-state index in [4.69, 9.17) is 14.1 Å². The third-order valence-electron chi connectivity index (χ3n) is 3.43. The fourth-order valence-corrected chi connectivity index (χ4v) is 3.26. The number of hydrogen-bond donors (Lipinski definition) is 1. The summed E-state index contributed by atoms with van der Waals surface area (Å²) < 4.78 is 10.3. The van der Waals surface area contributed by atoms with Crippen LogP contribution in [0, 0.1) is 0 Å². The maximum Gasteiger partial charge on any atom is 0.357 e. The van der Waals surface area contributed by atoms with Gasteiger partial charge in [-0.05, 0) is 20.3 Å². The molecule has 8 nitrogen and oxygen atoms in total. The molecule has 0 amide bonds. The molecule has 0 saturated carbocycles. The molecule has 0 unspecified atom stereocenters. The molecule has 1 N–H and O–H groups in total. The lowest BCUT2D eigenvalue weighted by molar-refractivity contribution is -0.764. The van der Waals surface area contributed by atoms with E-state index in [1.54, 1.807) is 11.0 Å². The van der Waals surface area contributed by atoms with Crippen LogP contribution in [0.4, 0.5) is 5.88 Å². The van der Waals surface area contributed by atoms with E-state index >= 15 is 0 Å². The highest BCUT2D eigenvalue weighted by Crippen LogP contribution is 2.22. The van der Waals surface area contributed by atoms with Gasteiger partial charge in [-0.15, -0.1) is 5.01 Å². The first-order chi connectivity index (χ1) is 11.0. The summed E-state index contributed by atoms with van der Waals surface area (Å²) in [4.78, 5) is 18.0. The molecule has 2 heterocycles. The van der Waals surface area contributed by atoms with Crippen molar-refractivity contribution >= 4 is 23.6 Å². The standard InChI is InChI=1S/C14H25N4O4S/c1-4-5-7-20-10-13(19)22-15-12-9-18(16-21-12)17-6-8-23-11-14(17,2)3/h9,15H,4-8,10-11H2,1-3H3/q+1. The summed E-state index contributed by atoms with van der Waals surface area (Å²) in [6.07, 6.45) is 3.60. The zero-order valence-corrected chi connectivity index (χ0v) is 14.7. The number of carbonyl (C=O) groups is 1. The van der Waals surface area contributed by atoms with Gasteiger partial charge in [0.05, 0.1) is 11.3 Å². The minimum absolute atomic E-state index is 0.0223. The highest BCUT2D eigenvalue weighted by Gasteiger charge is 2.38. The number of ether oxygens (including phenoxy) is 1. The van der Waals surface area contributed by atoms with Crippen molar-refractivity contribution in [3.63, 3.8) is 0 Å². The summed E-state index contributed by atoms with van der Waals surface area (Å²) in [5.41, 5.74) is 2.44. The van der Waals surface area contributed by atoms with E-state index in [0.29, 0.717) is 6.61 Å². The molecule has 1 aliphatic rings. The molecule has 23 heavy (non-hydrogen) atoms. The first-order valence-corrected chi connectivity index (χ1v) is 8.96. The van der Waals surface area contributed by atoms with Crippen LogP contribution in [0.2, 0.25) is 0 Å². The number of nitrogens with one attached hydrogen (secondary N) is 1. The van der Waals surface area contributed by atoms with Crippen molar-refractivity contribution in [3.8, 4) is 0 Å². The molecular formula is C14H25N4O4S+. The van der Waals surface area contributed by atoms with Crippen molar-refractivity contribution in [2.24, 2.45) is 0 Å². The number of anilines is 1. The summed E-state index contributed by atoms with van der Waals surface area (Å²) in [6.45, 7) is 7.71. The van der Waals surface area contributed by atoms with Crippen LogP contribution in [-0.4, -0.2) is 48.0 Å². The molecule has 1 aromatic heterocycles. The van der Waals surface area contributed by atoms with Crippen LogP contribution in [0.3, 0.4) is 0 Å². The van der Waals surface area contributed by atoms with E-state index in [1.165, 1.54) is 0 Å². The van der Waals surface area contributed by atoms with Gasteiger partial charge in [0, 0.05) is 18.1 Å². The van der Waals surface area contributed by atoms with E-state index in [1.807, 2.05) is 11.8 Å². The van der Waals surface area contributed by atoms with Crippen LogP contribution >= 0.6 is 11.8 Å². The normalized spacial score (nSPS) is 17.1. The summed E-state index contributed by atoms with van der Waals surface area (Å²) in [6, 6.07) is 0. The lowest BCUT2D eigenvalue weighted by Gasteiger charge is -2.34. The second kappa shape index (κ2) is 8.39. The average Bonchev–Trinajstić information content (AvgIpc) is 2.97. The van der Waals surface area contributed by atoms with Crippen LogP contribution in [0.15, 0.2) is 10.7 Å². The van der Waals surface area contributed by atoms with E-state index < -0.39 is 5.97 Å². The Morgan fingerprint density at radius 3 is 3.17 bits per heavy atom. The first kappa shape index (κ1) is 17.9. The van der Waals surface area contributed by atoms with Gasteiger partial charge in [-0.25, -0.2) is 4.79 Å².